The second-order valence-electron chi connectivity index (χ2n) is 5.20. The molecule has 0 atom stereocenters. The van der Waals surface area contributed by atoms with Crippen LogP contribution in [0.1, 0.15) is 30.6 Å². The first kappa shape index (κ1) is 15.2. The van der Waals surface area contributed by atoms with Crippen molar-refractivity contribution >= 4 is 11.8 Å². The Hall–Kier alpha value is -2.17. The minimum absolute atomic E-state index is 0.0181. The molecule has 1 fully saturated rings. The van der Waals surface area contributed by atoms with Gasteiger partial charge < -0.3 is 9.80 Å². The molecule has 1 aliphatic heterocycles. The molecule has 0 aromatic carbocycles. The summed E-state index contributed by atoms with van der Waals surface area (Å²) in [5.41, 5.74) is 1.67. The molecule has 2 amide bonds. The van der Waals surface area contributed by atoms with E-state index in [1.807, 2.05) is 13.8 Å². The van der Waals surface area contributed by atoms with E-state index in [0.717, 1.165) is 12.0 Å². The second-order valence-corrected chi connectivity index (χ2v) is 5.20. The Balaban J connectivity index is 1.92. The number of piperazine rings is 1. The molecule has 5 heteroatoms. The van der Waals surface area contributed by atoms with Gasteiger partial charge in [0, 0.05) is 44.6 Å². The SMILES string of the molecule is CC/C(C)=C/C(=O)N1CCN(C(=O)c2cccnc2)CC1. The van der Waals surface area contributed by atoms with Crippen molar-refractivity contribution in [3.8, 4) is 0 Å². The Bertz CT molecular complexity index is 532. The molecule has 0 radical (unpaired) electrons. The lowest BCUT2D eigenvalue weighted by Gasteiger charge is -2.34. The summed E-state index contributed by atoms with van der Waals surface area (Å²) in [6, 6.07) is 3.52. The zero-order valence-corrected chi connectivity index (χ0v) is 12.6. The number of carbonyl (C=O) groups is 2. The van der Waals surface area contributed by atoms with Gasteiger partial charge in [-0.2, -0.15) is 0 Å². The molecule has 0 unspecified atom stereocenters. The van der Waals surface area contributed by atoms with Gasteiger partial charge in [-0.3, -0.25) is 14.6 Å². The van der Waals surface area contributed by atoms with Crippen molar-refractivity contribution in [1.82, 2.24) is 14.8 Å². The topological polar surface area (TPSA) is 53.5 Å². The second kappa shape index (κ2) is 7.02. The van der Waals surface area contributed by atoms with Crippen molar-refractivity contribution in [2.75, 3.05) is 26.2 Å². The molecule has 2 rings (SSSR count). The lowest BCUT2D eigenvalue weighted by atomic mass is 10.2. The monoisotopic (exact) mass is 287 g/mol. The van der Waals surface area contributed by atoms with E-state index in [0.29, 0.717) is 31.7 Å². The molecule has 2 heterocycles. The standard InChI is InChI=1S/C16H21N3O2/c1-3-13(2)11-15(20)18-7-9-19(10-8-18)16(21)14-5-4-6-17-12-14/h4-6,11-12H,3,7-10H2,1-2H3/b13-11+. The van der Waals surface area contributed by atoms with Crippen molar-refractivity contribution in [1.29, 1.82) is 0 Å². The average Bonchev–Trinajstić information content (AvgIpc) is 2.55. The van der Waals surface area contributed by atoms with Crippen molar-refractivity contribution in [3.63, 3.8) is 0 Å². The van der Waals surface area contributed by atoms with E-state index in [-0.39, 0.29) is 11.8 Å². The van der Waals surface area contributed by atoms with Gasteiger partial charge in [0.15, 0.2) is 0 Å². The first-order valence-electron chi connectivity index (χ1n) is 7.27. The third-order valence-corrected chi connectivity index (χ3v) is 3.71. The smallest absolute Gasteiger partial charge is 0.255 e. The number of aromatic nitrogens is 1. The lowest BCUT2D eigenvalue weighted by molar-refractivity contribution is -0.127. The third-order valence-electron chi connectivity index (χ3n) is 3.71. The molecule has 1 saturated heterocycles. The first-order chi connectivity index (χ1) is 10.1. The van der Waals surface area contributed by atoms with Gasteiger partial charge in [-0.15, -0.1) is 0 Å². The van der Waals surface area contributed by atoms with E-state index in [9.17, 15) is 9.59 Å². The van der Waals surface area contributed by atoms with Gasteiger partial charge in [-0.25, -0.2) is 0 Å². The highest BCUT2D eigenvalue weighted by molar-refractivity contribution is 5.94. The largest absolute Gasteiger partial charge is 0.336 e. The quantitative estimate of drug-likeness (QED) is 0.795. The zero-order chi connectivity index (χ0) is 15.2. The number of pyridine rings is 1. The summed E-state index contributed by atoms with van der Waals surface area (Å²) in [6.07, 6.45) is 5.80. The van der Waals surface area contributed by atoms with Crippen molar-refractivity contribution in [2.45, 2.75) is 20.3 Å². The van der Waals surface area contributed by atoms with E-state index in [1.54, 1.807) is 40.4 Å². The lowest BCUT2D eigenvalue weighted by Crippen LogP contribution is -2.50. The number of rotatable bonds is 3. The summed E-state index contributed by atoms with van der Waals surface area (Å²) in [6.45, 7) is 6.29. The minimum Gasteiger partial charge on any atom is -0.336 e. The van der Waals surface area contributed by atoms with Gasteiger partial charge in [0.05, 0.1) is 5.56 Å². The van der Waals surface area contributed by atoms with E-state index >= 15 is 0 Å². The zero-order valence-electron chi connectivity index (χ0n) is 12.6. The summed E-state index contributed by atoms with van der Waals surface area (Å²) >= 11 is 0. The predicted octanol–water partition coefficient (Wildman–Crippen LogP) is 1.72. The van der Waals surface area contributed by atoms with Gasteiger partial charge in [-0.05, 0) is 25.5 Å². The maximum absolute atomic E-state index is 12.3. The molecule has 112 valence electrons. The van der Waals surface area contributed by atoms with Crippen LogP contribution in [0.3, 0.4) is 0 Å². The van der Waals surface area contributed by atoms with Crippen LogP contribution in [0.2, 0.25) is 0 Å². The van der Waals surface area contributed by atoms with E-state index < -0.39 is 0 Å². The van der Waals surface area contributed by atoms with Gasteiger partial charge in [0.25, 0.3) is 5.91 Å². The van der Waals surface area contributed by atoms with Crippen LogP contribution < -0.4 is 0 Å². The average molecular weight is 287 g/mol. The van der Waals surface area contributed by atoms with Crippen molar-refractivity contribution < 1.29 is 9.59 Å². The number of hydrogen-bond donors (Lipinski definition) is 0. The number of nitrogens with zero attached hydrogens (tertiary/aromatic N) is 3. The molecule has 1 aromatic heterocycles. The number of carbonyl (C=O) groups excluding carboxylic acids is 2. The van der Waals surface area contributed by atoms with Gasteiger partial charge in [0.1, 0.15) is 0 Å². The molecule has 0 saturated carbocycles. The maximum atomic E-state index is 12.3. The van der Waals surface area contributed by atoms with Crippen molar-refractivity contribution in [2.24, 2.45) is 0 Å². The van der Waals surface area contributed by atoms with E-state index in [2.05, 4.69) is 4.98 Å². The normalized spacial score (nSPS) is 16.0. The Labute approximate surface area is 125 Å². The number of allylic oxidation sites excluding steroid dienone is 1. The van der Waals surface area contributed by atoms with Crippen LogP contribution in [0, 0.1) is 0 Å². The van der Waals surface area contributed by atoms with Crippen LogP contribution >= 0.6 is 0 Å². The molecular weight excluding hydrogens is 266 g/mol. The van der Waals surface area contributed by atoms with Gasteiger partial charge in [-0.1, -0.05) is 12.5 Å². The Morgan fingerprint density at radius 1 is 1.24 bits per heavy atom. The van der Waals surface area contributed by atoms with E-state index in [4.69, 9.17) is 0 Å². The fourth-order valence-electron chi connectivity index (χ4n) is 2.21. The summed E-state index contributed by atoms with van der Waals surface area (Å²) in [4.78, 5) is 31.9. The highest BCUT2D eigenvalue weighted by Gasteiger charge is 2.24. The molecule has 0 N–H and O–H groups in total. The first-order valence-corrected chi connectivity index (χ1v) is 7.27. The number of hydrogen-bond acceptors (Lipinski definition) is 3. The Morgan fingerprint density at radius 3 is 2.48 bits per heavy atom. The summed E-state index contributed by atoms with van der Waals surface area (Å²) in [5.74, 6) is 0.0262. The minimum atomic E-state index is -0.0181. The summed E-state index contributed by atoms with van der Waals surface area (Å²) in [7, 11) is 0. The van der Waals surface area contributed by atoms with Crippen LogP contribution in [0.4, 0.5) is 0 Å². The van der Waals surface area contributed by atoms with Crippen LogP contribution in [0.15, 0.2) is 36.2 Å². The van der Waals surface area contributed by atoms with Crippen LogP contribution in [0.25, 0.3) is 0 Å². The fourth-order valence-corrected chi connectivity index (χ4v) is 2.21. The fraction of sp³-hybridized carbons (Fsp3) is 0.438. The maximum Gasteiger partial charge on any atom is 0.255 e. The van der Waals surface area contributed by atoms with Gasteiger partial charge in [0.2, 0.25) is 5.91 Å². The third kappa shape index (κ3) is 3.90. The highest BCUT2D eigenvalue weighted by atomic mass is 16.2. The van der Waals surface area contributed by atoms with Crippen LogP contribution in [-0.4, -0.2) is 52.8 Å². The molecule has 5 nitrogen and oxygen atoms in total. The molecule has 0 aliphatic carbocycles. The highest BCUT2D eigenvalue weighted by Crippen LogP contribution is 2.09. The van der Waals surface area contributed by atoms with Gasteiger partial charge >= 0.3 is 0 Å². The number of amides is 2. The summed E-state index contributed by atoms with van der Waals surface area (Å²) in [5, 5.41) is 0. The molecule has 1 aromatic rings. The molecule has 1 aliphatic rings. The Kier molecular flexibility index (Phi) is 5.09. The summed E-state index contributed by atoms with van der Waals surface area (Å²) < 4.78 is 0. The molecule has 0 spiro atoms. The molecular formula is C16H21N3O2. The molecule has 21 heavy (non-hydrogen) atoms. The van der Waals surface area contributed by atoms with Crippen molar-refractivity contribution in [3.05, 3.63) is 41.7 Å². The van der Waals surface area contributed by atoms with E-state index in [1.165, 1.54) is 0 Å². The predicted molar refractivity (Wildman–Crippen MR) is 80.8 cm³/mol. The molecule has 0 bridgehead atoms. The van der Waals surface area contributed by atoms with Crippen LogP contribution in [0.5, 0.6) is 0 Å². The Morgan fingerprint density at radius 2 is 1.90 bits per heavy atom. The van der Waals surface area contributed by atoms with Crippen LogP contribution in [-0.2, 0) is 4.79 Å².